The predicted molar refractivity (Wildman–Crippen MR) is 73.4 cm³/mol. The highest BCUT2D eigenvalue weighted by Crippen LogP contribution is 2.19. The molecule has 0 aromatic heterocycles. The maximum absolute atomic E-state index is 5.78. The smallest absolute Gasteiger partial charge is 0.124 e. The van der Waals surface area contributed by atoms with Crippen LogP contribution in [0.25, 0.3) is 0 Å². The number of rotatable bonds is 7. The van der Waals surface area contributed by atoms with E-state index in [0.717, 1.165) is 24.8 Å². The van der Waals surface area contributed by atoms with Gasteiger partial charge in [0.15, 0.2) is 0 Å². The summed E-state index contributed by atoms with van der Waals surface area (Å²) in [5.74, 6) is 1.75. The lowest BCUT2D eigenvalue weighted by molar-refractivity contribution is 0.239. The van der Waals surface area contributed by atoms with Crippen molar-refractivity contribution in [1.82, 2.24) is 5.32 Å². The lowest BCUT2D eigenvalue weighted by Gasteiger charge is -2.14. The molecule has 0 spiro atoms. The molecule has 17 heavy (non-hydrogen) atoms. The van der Waals surface area contributed by atoms with Gasteiger partial charge in [0.05, 0.1) is 6.10 Å². The van der Waals surface area contributed by atoms with Crippen LogP contribution in [0, 0.1) is 5.92 Å². The Bertz CT molecular complexity index is 320. The third-order valence-corrected chi connectivity index (χ3v) is 2.55. The Balaban J connectivity index is 2.46. The van der Waals surface area contributed by atoms with Gasteiger partial charge in [-0.2, -0.15) is 0 Å². The lowest BCUT2D eigenvalue weighted by atomic mass is 10.1. The minimum Gasteiger partial charge on any atom is -0.491 e. The Morgan fingerprint density at radius 2 is 1.82 bits per heavy atom. The van der Waals surface area contributed by atoms with Gasteiger partial charge in [-0.25, -0.2) is 0 Å². The first-order valence-electron chi connectivity index (χ1n) is 6.55. The summed E-state index contributed by atoms with van der Waals surface area (Å²) in [7, 11) is 0. The normalized spacial score (nSPS) is 11.2. The Kier molecular flexibility index (Phi) is 6.06. The highest BCUT2D eigenvalue weighted by Gasteiger charge is 2.04. The number of benzene rings is 1. The van der Waals surface area contributed by atoms with Crippen LogP contribution >= 0.6 is 0 Å². The van der Waals surface area contributed by atoms with Gasteiger partial charge in [0.2, 0.25) is 0 Å². The second-order valence-corrected chi connectivity index (χ2v) is 5.13. The van der Waals surface area contributed by atoms with Crippen LogP contribution in [0.2, 0.25) is 0 Å². The maximum Gasteiger partial charge on any atom is 0.124 e. The van der Waals surface area contributed by atoms with Crippen molar-refractivity contribution in [3.63, 3.8) is 0 Å². The fourth-order valence-electron chi connectivity index (χ4n) is 1.63. The van der Waals surface area contributed by atoms with E-state index in [-0.39, 0.29) is 6.10 Å². The summed E-state index contributed by atoms with van der Waals surface area (Å²) in [6.45, 7) is 10.6. The summed E-state index contributed by atoms with van der Waals surface area (Å²) in [5.41, 5.74) is 1.24. The summed E-state index contributed by atoms with van der Waals surface area (Å²) in [5, 5.41) is 3.47. The van der Waals surface area contributed by atoms with E-state index in [2.05, 4.69) is 45.1 Å². The minimum atomic E-state index is 0.229. The van der Waals surface area contributed by atoms with Crippen LogP contribution in [0.5, 0.6) is 5.75 Å². The van der Waals surface area contributed by atoms with Crippen LogP contribution in [0.4, 0.5) is 0 Å². The van der Waals surface area contributed by atoms with Crippen molar-refractivity contribution < 1.29 is 4.74 Å². The van der Waals surface area contributed by atoms with Gasteiger partial charge in [-0.1, -0.05) is 32.0 Å². The molecule has 0 aliphatic rings. The van der Waals surface area contributed by atoms with E-state index in [1.165, 1.54) is 12.0 Å². The van der Waals surface area contributed by atoms with Gasteiger partial charge in [-0.15, -0.1) is 0 Å². The fraction of sp³-hybridized carbons (Fsp3) is 0.600. The zero-order valence-electron chi connectivity index (χ0n) is 11.5. The molecular formula is C15H25NO. The molecule has 1 aromatic carbocycles. The summed E-state index contributed by atoms with van der Waals surface area (Å²) >= 11 is 0. The quantitative estimate of drug-likeness (QED) is 0.729. The molecule has 0 aliphatic carbocycles. The molecule has 0 amide bonds. The zero-order valence-corrected chi connectivity index (χ0v) is 11.5. The average Bonchev–Trinajstić information content (AvgIpc) is 2.25. The van der Waals surface area contributed by atoms with E-state index in [0.29, 0.717) is 0 Å². The third kappa shape index (κ3) is 5.73. The SMILES string of the molecule is CC(C)CCNCc1ccccc1OC(C)C. The van der Waals surface area contributed by atoms with E-state index < -0.39 is 0 Å². The fourth-order valence-corrected chi connectivity index (χ4v) is 1.63. The van der Waals surface area contributed by atoms with Gasteiger partial charge in [0.25, 0.3) is 0 Å². The molecular weight excluding hydrogens is 210 g/mol. The molecule has 0 bridgehead atoms. The molecule has 1 aromatic rings. The van der Waals surface area contributed by atoms with E-state index in [9.17, 15) is 0 Å². The summed E-state index contributed by atoms with van der Waals surface area (Å²) < 4.78 is 5.78. The number of para-hydroxylation sites is 1. The van der Waals surface area contributed by atoms with E-state index in [1.54, 1.807) is 0 Å². The Morgan fingerprint density at radius 3 is 2.47 bits per heavy atom. The third-order valence-electron chi connectivity index (χ3n) is 2.55. The topological polar surface area (TPSA) is 21.3 Å². The van der Waals surface area contributed by atoms with E-state index in [1.807, 2.05) is 12.1 Å². The van der Waals surface area contributed by atoms with Crippen molar-refractivity contribution in [3.05, 3.63) is 29.8 Å². The number of hydrogen-bond donors (Lipinski definition) is 1. The second kappa shape index (κ2) is 7.33. The first-order chi connectivity index (χ1) is 8.09. The first kappa shape index (κ1) is 14.0. The molecule has 0 unspecified atom stereocenters. The van der Waals surface area contributed by atoms with Gasteiger partial charge in [-0.05, 0) is 38.8 Å². The molecule has 2 nitrogen and oxygen atoms in total. The average molecular weight is 235 g/mol. The minimum absolute atomic E-state index is 0.229. The van der Waals surface area contributed by atoms with Crippen molar-refractivity contribution >= 4 is 0 Å². The summed E-state index contributed by atoms with van der Waals surface area (Å²) in [4.78, 5) is 0. The van der Waals surface area contributed by atoms with Crippen molar-refractivity contribution in [1.29, 1.82) is 0 Å². The van der Waals surface area contributed by atoms with Gasteiger partial charge >= 0.3 is 0 Å². The summed E-state index contributed by atoms with van der Waals surface area (Å²) in [6.07, 6.45) is 1.44. The van der Waals surface area contributed by atoms with Crippen LogP contribution < -0.4 is 10.1 Å². The van der Waals surface area contributed by atoms with Crippen molar-refractivity contribution in [2.45, 2.75) is 46.8 Å². The summed E-state index contributed by atoms with van der Waals surface area (Å²) in [6, 6.07) is 8.25. The van der Waals surface area contributed by atoms with Crippen LogP contribution in [-0.2, 0) is 6.54 Å². The highest BCUT2D eigenvalue weighted by atomic mass is 16.5. The Hall–Kier alpha value is -1.02. The molecule has 2 heteroatoms. The molecule has 1 N–H and O–H groups in total. The molecule has 0 saturated carbocycles. The molecule has 0 fully saturated rings. The van der Waals surface area contributed by atoms with Gasteiger partial charge in [0, 0.05) is 12.1 Å². The van der Waals surface area contributed by atoms with E-state index >= 15 is 0 Å². The van der Waals surface area contributed by atoms with Crippen molar-refractivity contribution in [3.8, 4) is 5.75 Å². The monoisotopic (exact) mass is 235 g/mol. The van der Waals surface area contributed by atoms with Crippen molar-refractivity contribution in [2.75, 3.05) is 6.54 Å². The molecule has 0 aliphatic heterocycles. The molecule has 1 rings (SSSR count). The highest BCUT2D eigenvalue weighted by molar-refractivity contribution is 5.33. The van der Waals surface area contributed by atoms with Gasteiger partial charge in [0.1, 0.15) is 5.75 Å². The Labute approximate surface area is 105 Å². The molecule has 96 valence electrons. The van der Waals surface area contributed by atoms with Crippen LogP contribution in [0.15, 0.2) is 24.3 Å². The predicted octanol–water partition coefficient (Wildman–Crippen LogP) is 3.61. The maximum atomic E-state index is 5.78. The van der Waals surface area contributed by atoms with Crippen LogP contribution in [-0.4, -0.2) is 12.6 Å². The number of ether oxygens (including phenoxy) is 1. The van der Waals surface area contributed by atoms with Crippen LogP contribution in [0.1, 0.15) is 39.7 Å². The molecule has 0 heterocycles. The van der Waals surface area contributed by atoms with E-state index in [4.69, 9.17) is 4.74 Å². The van der Waals surface area contributed by atoms with Gasteiger partial charge in [-0.3, -0.25) is 0 Å². The lowest BCUT2D eigenvalue weighted by Crippen LogP contribution is -2.17. The van der Waals surface area contributed by atoms with Gasteiger partial charge < -0.3 is 10.1 Å². The number of nitrogens with one attached hydrogen (secondary N) is 1. The van der Waals surface area contributed by atoms with Crippen molar-refractivity contribution in [2.24, 2.45) is 5.92 Å². The standard InChI is InChI=1S/C15H25NO/c1-12(2)9-10-16-11-14-7-5-6-8-15(14)17-13(3)4/h5-8,12-13,16H,9-11H2,1-4H3. The molecule has 0 radical (unpaired) electrons. The van der Waals surface area contributed by atoms with Crippen LogP contribution in [0.3, 0.4) is 0 Å². The zero-order chi connectivity index (χ0) is 12.7. The Morgan fingerprint density at radius 1 is 1.12 bits per heavy atom. The first-order valence-corrected chi connectivity index (χ1v) is 6.55. The second-order valence-electron chi connectivity index (χ2n) is 5.13. The largest absolute Gasteiger partial charge is 0.491 e. The number of hydrogen-bond acceptors (Lipinski definition) is 2. The molecule has 0 saturated heterocycles. The molecule has 0 atom stereocenters.